The molecule has 0 N–H and O–H groups in total. The van der Waals surface area contributed by atoms with E-state index in [9.17, 15) is 13.2 Å². The highest BCUT2D eigenvalue weighted by Gasteiger charge is 2.14. The number of nitrogens with zero attached hydrogens (tertiary/aromatic N) is 1. The van der Waals surface area contributed by atoms with Gasteiger partial charge < -0.3 is 4.57 Å². The summed E-state index contributed by atoms with van der Waals surface area (Å²) in [5.41, 5.74) is 2.24. The van der Waals surface area contributed by atoms with Crippen LogP contribution in [0, 0.1) is 6.92 Å². The fourth-order valence-electron chi connectivity index (χ4n) is 2.03. The molecular formula is C12H13NO3S. The Morgan fingerprint density at radius 1 is 1.29 bits per heavy atom. The van der Waals surface area contributed by atoms with E-state index < -0.39 is 9.84 Å². The Balaban J connectivity index is 2.88. The fraction of sp³-hybridized carbons (Fsp3) is 0.250. The van der Waals surface area contributed by atoms with Gasteiger partial charge >= 0.3 is 0 Å². The van der Waals surface area contributed by atoms with Gasteiger partial charge in [-0.3, -0.25) is 4.79 Å². The Morgan fingerprint density at radius 2 is 1.94 bits per heavy atom. The summed E-state index contributed by atoms with van der Waals surface area (Å²) >= 11 is 0. The smallest absolute Gasteiger partial charge is 0.175 e. The van der Waals surface area contributed by atoms with E-state index in [0.717, 1.165) is 22.8 Å². The lowest BCUT2D eigenvalue weighted by molar-refractivity contribution is 0.111. The molecule has 0 radical (unpaired) electrons. The number of hydrogen-bond acceptors (Lipinski definition) is 3. The van der Waals surface area contributed by atoms with Crippen molar-refractivity contribution in [2.75, 3.05) is 6.26 Å². The van der Waals surface area contributed by atoms with Gasteiger partial charge in [-0.2, -0.15) is 0 Å². The summed E-state index contributed by atoms with van der Waals surface area (Å²) in [6.07, 6.45) is 1.96. The van der Waals surface area contributed by atoms with E-state index in [-0.39, 0.29) is 4.90 Å². The maximum absolute atomic E-state index is 11.5. The number of benzene rings is 1. The number of carbonyl (C=O) groups is 1. The molecule has 0 amide bonds. The maximum Gasteiger partial charge on any atom is 0.175 e. The monoisotopic (exact) mass is 251 g/mol. The molecular weight excluding hydrogens is 238 g/mol. The SMILES string of the molecule is Cc1c(C=O)n(C)c2ccc(S(C)(=O)=O)cc12. The van der Waals surface area contributed by atoms with E-state index in [2.05, 4.69) is 0 Å². The minimum atomic E-state index is -3.22. The second-order valence-electron chi connectivity index (χ2n) is 4.14. The summed E-state index contributed by atoms with van der Waals surface area (Å²) in [4.78, 5) is 11.2. The van der Waals surface area contributed by atoms with Crippen molar-refractivity contribution >= 4 is 27.0 Å². The lowest BCUT2D eigenvalue weighted by Crippen LogP contribution is -1.97. The first-order chi connectivity index (χ1) is 7.86. The first-order valence-electron chi connectivity index (χ1n) is 5.10. The summed E-state index contributed by atoms with van der Waals surface area (Å²) in [7, 11) is -1.43. The number of aldehydes is 1. The highest BCUT2D eigenvalue weighted by molar-refractivity contribution is 7.90. The van der Waals surface area contributed by atoms with Crippen LogP contribution in [0.5, 0.6) is 0 Å². The van der Waals surface area contributed by atoms with Gasteiger partial charge in [0.05, 0.1) is 10.6 Å². The van der Waals surface area contributed by atoms with E-state index in [1.165, 1.54) is 6.26 Å². The molecule has 0 aliphatic heterocycles. The van der Waals surface area contributed by atoms with Gasteiger partial charge in [-0.15, -0.1) is 0 Å². The molecule has 1 aromatic heterocycles. The molecule has 4 nitrogen and oxygen atoms in total. The van der Waals surface area contributed by atoms with Crippen molar-refractivity contribution in [2.24, 2.45) is 7.05 Å². The van der Waals surface area contributed by atoms with Crippen LogP contribution in [0.2, 0.25) is 0 Å². The molecule has 5 heteroatoms. The molecule has 0 unspecified atom stereocenters. The fourth-order valence-corrected chi connectivity index (χ4v) is 2.67. The number of carbonyl (C=O) groups excluding carboxylic acids is 1. The van der Waals surface area contributed by atoms with Gasteiger partial charge in [0.2, 0.25) is 0 Å². The molecule has 1 aromatic carbocycles. The largest absolute Gasteiger partial charge is 0.341 e. The number of rotatable bonds is 2. The summed E-state index contributed by atoms with van der Waals surface area (Å²) in [5, 5.41) is 0.803. The minimum absolute atomic E-state index is 0.274. The molecule has 0 atom stereocenters. The third kappa shape index (κ3) is 1.76. The number of fused-ring (bicyclic) bond motifs is 1. The van der Waals surface area contributed by atoms with Crippen molar-refractivity contribution in [1.82, 2.24) is 4.57 Å². The first-order valence-corrected chi connectivity index (χ1v) is 6.99. The second kappa shape index (κ2) is 3.70. The average Bonchev–Trinajstić information content (AvgIpc) is 2.50. The van der Waals surface area contributed by atoms with E-state index in [1.807, 2.05) is 6.92 Å². The molecule has 0 aliphatic carbocycles. The molecule has 2 aromatic rings. The van der Waals surface area contributed by atoms with E-state index in [0.29, 0.717) is 5.69 Å². The van der Waals surface area contributed by atoms with Gasteiger partial charge in [0.15, 0.2) is 16.1 Å². The minimum Gasteiger partial charge on any atom is -0.341 e. The molecule has 0 saturated carbocycles. The number of aryl methyl sites for hydroxylation is 2. The third-order valence-corrected chi connectivity index (χ3v) is 4.13. The van der Waals surface area contributed by atoms with Crippen LogP contribution in [0.1, 0.15) is 16.1 Å². The summed E-state index contributed by atoms with van der Waals surface area (Å²) in [6, 6.07) is 4.91. The average molecular weight is 251 g/mol. The predicted molar refractivity (Wildman–Crippen MR) is 66.2 cm³/mol. The zero-order chi connectivity index (χ0) is 12.8. The van der Waals surface area contributed by atoms with Crippen molar-refractivity contribution in [1.29, 1.82) is 0 Å². The molecule has 0 saturated heterocycles. The van der Waals surface area contributed by atoms with Crippen LogP contribution in [0.25, 0.3) is 10.9 Å². The summed E-state index contributed by atoms with van der Waals surface area (Å²) in [5.74, 6) is 0. The Bertz CT molecular complexity index is 711. The van der Waals surface area contributed by atoms with Crippen molar-refractivity contribution < 1.29 is 13.2 Å². The Morgan fingerprint density at radius 3 is 2.47 bits per heavy atom. The quantitative estimate of drug-likeness (QED) is 0.763. The van der Waals surface area contributed by atoms with Crippen LogP contribution >= 0.6 is 0 Å². The highest BCUT2D eigenvalue weighted by Crippen LogP contribution is 2.26. The van der Waals surface area contributed by atoms with E-state index in [1.54, 1.807) is 29.8 Å². The normalized spacial score (nSPS) is 11.9. The molecule has 90 valence electrons. The van der Waals surface area contributed by atoms with Crippen LogP contribution in [-0.4, -0.2) is 25.5 Å². The molecule has 17 heavy (non-hydrogen) atoms. The van der Waals surface area contributed by atoms with Crippen LogP contribution in [0.15, 0.2) is 23.1 Å². The summed E-state index contributed by atoms with van der Waals surface area (Å²) < 4.78 is 24.7. The highest BCUT2D eigenvalue weighted by atomic mass is 32.2. The standard InChI is InChI=1S/C12H13NO3S/c1-8-10-6-9(17(3,15)16)4-5-11(10)13(2)12(8)7-14/h4-7H,1-3H3. The van der Waals surface area contributed by atoms with Crippen LogP contribution in [0.4, 0.5) is 0 Å². The molecule has 1 heterocycles. The molecule has 0 aliphatic rings. The number of hydrogen-bond donors (Lipinski definition) is 0. The molecule has 0 fully saturated rings. The second-order valence-corrected chi connectivity index (χ2v) is 6.15. The first kappa shape index (κ1) is 11.9. The van der Waals surface area contributed by atoms with Gasteiger partial charge in [-0.1, -0.05) is 0 Å². The Labute approximate surface area is 99.8 Å². The van der Waals surface area contributed by atoms with Gasteiger partial charge in [0.25, 0.3) is 0 Å². The Hall–Kier alpha value is -1.62. The number of aromatic nitrogens is 1. The van der Waals surface area contributed by atoms with Crippen molar-refractivity contribution in [3.63, 3.8) is 0 Å². The molecule has 0 bridgehead atoms. The van der Waals surface area contributed by atoms with Crippen molar-refractivity contribution in [2.45, 2.75) is 11.8 Å². The zero-order valence-corrected chi connectivity index (χ0v) is 10.7. The van der Waals surface area contributed by atoms with Crippen LogP contribution < -0.4 is 0 Å². The lowest BCUT2D eigenvalue weighted by atomic mass is 10.1. The van der Waals surface area contributed by atoms with Gasteiger partial charge in [-0.25, -0.2) is 8.42 Å². The maximum atomic E-state index is 11.5. The predicted octanol–water partition coefficient (Wildman–Crippen LogP) is 1.70. The van der Waals surface area contributed by atoms with Crippen LogP contribution in [-0.2, 0) is 16.9 Å². The zero-order valence-electron chi connectivity index (χ0n) is 9.89. The van der Waals surface area contributed by atoms with Gasteiger partial charge in [-0.05, 0) is 30.7 Å². The van der Waals surface area contributed by atoms with Crippen molar-refractivity contribution in [3.05, 3.63) is 29.5 Å². The van der Waals surface area contributed by atoms with Crippen molar-refractivity contribution in [3.8, 4) is 0 Å². The van der Waals surface area contributed by atoms with Gasteiger partial charge in [0.1, 0.15) is 0 Å². The number of sulfone groups is 1. The molecule has 0 spiro atoms. The van der Waals surface area contributed by atoms with E-state index >= 15 is 0 Å². The van der Waals surface area contributed by atoms with Crippen LogP contribution in [0.3, 0.4) is 0 Å². The lowest BCUT2D eigenvalue weighted by Gasteiger charge is -2.00. The third-order valence-electron chi connectivity index (χ3n) is 3.02. The topological polar surface area (TPSA) is 56.1 Å². The molecule has 2 rings (SSSR count). The summed E-state index contributed by atoms with van der Waals surface area (Å²) in [6.45, 7) is 1.82. The Kier molecular flexibility index (Phi) is 2.58. The van der Waals surface area contributed by atoms with E-state index in [4.69, 9.17) is 0 Å². The van der Waals surface area contributed by atoms with Gasteiger partial charge in [0, 0.05) is 24.2 Å².